The van der Waals surface area contributed by atoms with E-state index in [2.05, 4.69) is 5.32 Å². The largest absolute Gasteiger partial charge is 0.506 e. The number of benzene rings is 1. The van der Waals surface area contributed by atoms with Gasteiger partial charge >= 0.3 is 0 Å². The predicted molar refractivity (Wildman–Crippen MR) is 70.7 cm³/mol. The van der Waals surface area contributed by atoms with E-state index in [1.807, 2.05) is 0 Å². The van der Waals surface area contributed by atoms with Crippen molar-refractivity contribution in [2.45, 2.75) is 25.7 Å². The third-order valence-corrected chi connectivity index (χ3v) is 4.49. The Balaban J connectivity index is 1.66. The van der Waals surface area contributed by atoms with Crippen LogP contribution in [0.3, 0.4) is 0 Å². The standard InChI is InChI=1S/C14H16ClNO2/c15-11-6-5-8(7-12(11)17)16-14(18)13-9-3-1-2-4-10(9)13/h5-7,9-10,13,17H,1-4H2,(H,16,18). The van der Waals surface area contributed by atoms with E-state index in [-0.39, 0.29) is 17.6 Å². The minimum absolute atomic E-state index is 0.00248. The molecule has 1 amide bonds. The van der Waals surface area contributed by atoms with Gasteiger partial charge in [-0.05, 0) is 36.8 Å². The zero-order valence-electron chi connectivity index (χ0n) is 10.0. The van der Waals surface area contributed by atoms with Crippen LogP contribution >= 0.6 is 11.6 Å². The van der Waals surface area contributed by atoms with Gasteiger partial charge in [0, 0.05) is 17.7 Å². The fourth-order valence-corrected chi connectivity index (χ4v) is 3.31. The predicted octanol–water partition coefficient (Wildman–Crippen LogP) is 3.42. The highest BCUT2D eigenvalue weighted by Gasteiger charge is 2.54. The van der Waals surface area contributed by atoms with Crippen molar-refractivity contribution in [1.82, 2.24) is 0 Å². The van der Waals surface area contributed by atoms with E-state index in [9.17, 15) is 9.90 Å². The van der Waals surface area contributed by atoms with Crippen LogP contribution in [0.25, 0.3) is 0 Å². The van der Waals surface area contributed by atoms with E-state index in [1.54, 1.807) is 12.1 Å². The molecule has 0 saturated heterocycles. The Morgan fingerprint density at radius 1 is 1.28 bits per heavy atom. The van der Waals surface area contributed by atoms with E-state index < -0.39 is 0 Å². The second-order valence-electron chi connectivity index (χ2n) is 5.29. The fourth-order valence-electron chi connectivity index (χ4n) is 3.20. The van der Waals surface area contributed by atoms with Crippen molar-refractivity contribution in [3.63, 3.8) is 0 Å². The molecule has 2 N–H and O–H groups in total. The highest BCUT2D eigenvalue weighted by Crippen LogP contribution is 2.55. The molecule has 2 atom stereocenters. The molecule has 2 unspecified atom stereocenters. The van der Waals surface area contributed by atoms with Gasteiger partial charge in [0.1, 0.15) is 5.75 Å². The van der Waals surface area contributed by atoms with Gasteiger partial charge in [-0.25, -0.2) is 0 Å². The van der Waals surface area contributed by atoms with E-state index in [0.29, 0.717) is 22.5 Å². The lowest BCUT2D eigenvalue weighted by molar-refractivity contribution is -0.117. The SMILES string of the molecule is O=C(Nc1ccc(Cl)c(O)c1)C1C2CCCCC21. The van der Waals surface area contributed by atoms with Gasteiger partial charge in [0.05, 0.1) is 5.02 Å². The highest BCUT2D eigenvalue weighted by atomic mass is 35.5. The van der Waals surface area contributed by atoms with Crippen LogP contribution in [-0.4, -0.2) is 11.0 Å². The second kappa shape index (κ2) is 4.47. The summed E-state index contributed by atoms with van der Waals surface area (Å²) >= 11 is 5.73. The molecule has 1 aromatic rings. The van der Waals surface area contributed by atoms with E-state index >= 15 is 0 Å². The number of hydrogen-bond donors (Lipinski definition) is 2. The first-order valence-electron chi connectivity index (χ1n) is 6.46. The van der Waals surface area contributed by atoms with Crippen LogP contribution in [0.4, 0.5) is 5.69 Å². The summed E-state index contributed by atoms with van der Waals surface area (Å²) in [6, 6.07) is 4.80. The lowest BCUT2D eigenvalue weighted by atomic mass is 10.0. The van der Waals surface area contributed by atoms with Gasteiger partial charge in [0.25, 0.3) is 0 Å². The van der Waals surface area contributed by atoms with Crippen LogP contribution in [0.5, 0.6) is 5.75 Å². The number of nitrogens with one attached hydrogen (secondary N) is 1. The Bertz CT molecular complexity index is 477. The van der Waals surface area contributed by atoms with Crippen molar-refractivity contribution in [2.24, 2.45) is 17.8 Å². The molecular weight excluding hydrogens is 250 g/mol. The fraction of sp³-hybridized carbons (Fsp3) is 0.500. The zero-order chi connectivity index (χ0) is 12.7. The van der Waals surface area contributed by atoms with Gasteiger partial charge in [-0.3, -0.25) is 4.79 Å². The van der Waals surface area contributed by atoms with E-state index in [0.717, 1.165) is 0 Å². The zero-order valence-corrected chi connectivity index (χ0v) is 10.8. The van der Waals surface area contributed by atoms with Gasteiger partial charge in [0.15, 0.2) is 0 Å². The monoisotopic (exact) mass is 265 g/mol. The number of amides is 1. The van der Waals surface area contributed by atoms with Crippen LogP contribution in [0.2, 0.25) is 5.02 Å². The van der Waals surface area contributed by atoms with E-state index in [4.69, 9.17) is 11.6 Å². The van der Waals surface area contributed by atoms with Gasteiger partial charge < -0.3 is 10.4 Å². The van der Waals surface area contributed by atoms with Crippen LogP contribution in [-0.2, 0) is 4.79 Å². The summed E-state index contributed by atoms with van der Waals surface area (Å²) in [6.45, 7) is 0. The smallest absolute Gasteiger partial charge is 0.228 e. The van der Waals surface area contributed by atoms with Crippen molar-refractivity contribution in [3.05, 3.63) is 23.2 Å². The normalized spacial score (nSPS) is 29.5. The van der Waals surface area contributed by atoms with Crippen LogP contribution in [0, 0.1) is 17.8 Å². The minimum Gasteiger partial charge on any atom is -0.506 e. The summed E-state index contributed by atoms with van der Waals surface area (Å²) in [5.74, 6) is 1.47. The maximum absolute atomic E-state index is 12.1. The molecule has 0 aliphatic heterocycles. The minimum atomic E-state index is 0.00248. The van der Waals surface area contributed by atoms with Gasteiger partial charge in [-0.2, -0.15) is 0 Å². The van der Waals surface area contributed by atoms with Crippen molar-refractivity contribution >= 4 is 23.2 Å². The van der Waals surface area contributed by atoms with Crippen molar-refractivity contribution in [1.29, 1.82) is 0 Å². The molecule has 4 heteroatoms. The number of hydrogen-bond acceptors (Lipinski definition) is 2. The summed E-state index contributed by atoms with van der Waals surface area (Å²) in [7, 11) is 0. The van der Waals surface area contributed by atoms with Crippen LogP contribution in [0.1, 0.15) is 25.7 Å². The van der Waals surface area contributed by atoms with Crippen molar-refractivity contribution in [3.8, 4) is 5.75 Å². The number of rotatable bonds is 2. The third-order valence-electron chi connectivity index (χ3n) is 4.17. The lowest BCUT2D eigenvalue weighted by Gasteiger charge is -2.06. The molecule has 0 bridgehead atoms. The number of halogens is 1. The average molecular weight is 266 g/mol. The van der Waals surface area contributed by atoms with Crippen molar-refractivity contribution in [2.75, 3.05) is 5.32 Å². The average Bonchev–Trinajstić information content (AvgIpc) is 3.08. The molecule has 1 aromatic carbocycles. The second-order valence-corrected chi connectivity index (χ2v) is 5.70. The first kappa shape index (κ1) is 11.8. The quantitative estimate of drug-likeness (QED) is 0.861. The summed E-state index contributed by atoms with van der Waals surface area (Å²) < 4.78 is 0. The molecule has 0 aromatic heterocycles. The first-order valence-corrected chi connectivity index (χ1v) is 6.84. The number of carbonyl (C=O) groups is 1. The molecule has 2 aliphatic rings. The molecule has 2 aliphatic carbocycles. The van der Waals surface area contributed by atoms with E-state index in [1.165, 1.54) is 31.7 Å². The Labute approximate surface area is 111 Å². The number of phenolic OH excluding ortho intramolecular Hbond substituents is 1. The van der Waals surface area contributed by atoms with Gasteiger partial charge in [0.2, 0.25) is 5.91 Å². The number of carbonyl (C=O) groups excluding carboxylic acids is 1. The molecule has 3 nitrogen and oxygen atoms in total. The number of fused-ring (bicyclic) bond motifs is 1. The first-order chi connectivity index (χ1) is 8.66. The lowest BCUT2D eigenvalue weighted by Crippen LogP contribution is -2.15. The van der Waals surface area contributed by atoms with Crippen LogP contribution < -0.4 is 5.32 Å². The summed E-state index contributed by atoms with van der Waals surface area (Å²) in [5, 5.41) is 12.7. The molecule has 2 saturated carbocycles. The topological polar surface area (TPSA) is 49.3 Å². The Kier molecular flexibility index (Phi) is 2.94. The molecule has 0 radical (unpaired) electrons. The maximum atomic E-state index is 12.1. The van der Waals surface area contributed by atoms with Crippen molar-refractivity contribution < 1.29 is 9.90 Å². The Morgan fingerprint density at radius 2 is 1.94 bits per heavy atom. The Hall–Kier alpha value is -1.22. The highest BCUT2D eigenvalue weighted by molar-refractivity contribution is 6.32. The summed E-state index contributed by atoms with van der Waals surface area (Å²) in [5.41, 5.74) is 0.616. The third kappa shape index (κ3) is 2.07. The molecule has 3 rings (SSSR count). The molecule has 18 heavy (non-hydrogen) atoms. The van der Waals surface area contributed by atoms with Crippen LogP contribution in [0.15, 0.2) is 18.2 Å². The number of phenols is 1. The van der Waals surface area contributed by atoms with Gasteiger partial charge in [-0.15, -0.1) is 0 Å². The summed E-state index contributed by atoms with van der Waals surface area (Å²) in [6.07, 6.45) is 4.89. The number of anilines is 1. The molecular formula is C14H16ClNO2. The molecule has 0 spiro atoms. The molecule has 2 fully saturated rings. The van der Waals surface area contributed by atoms with Gasteiger partial charge in [-0.1, -0.05) is 24.4 Å². The molecule has 96 valence electrons. The number of aromatic hydroxyl groups is 1. The Morgan fingerprint density at radius 3 is 2.56 bits per heavy atom. The maximum Gasteiger partial charge on any atom is 0.228 e. The molecule has 0 heterocycles. The summed E-state index contributed by atoms with van der Waals surface area (Å²) in [4.78, 5) is 12.1.